The van der Waals surface area contributed by atoms with E-state index in [0.29, 0.717) is 12.8 Å². The van der Waals surface area contributed by atoms with Crippen LogP contribution in [0.3, 0.4) is 0 Å². The standard InChI is InChI=1S/C23H28FNO2S/c1-5-6-18-11-15(2)21(16(3)12-18)22-19(26)13-23(14-20(22)27)7-9-25(10-8-23)28-17(4)24/h11-12,17,22H,7-10,13-14H2,1-4H3. The van der Waals surface area contributed by atoms with E-state index in [1.165, 1.54) is 18.9 Å². The first-order chi connectivity index (χ1) is 13.2. The van der Waals surface area contributed by atoms with Crippen LogP contribution >= 0.6 is 11.9 Å². The number of halogens is 1. The molecule has 1 unspecified atom stereocenters. The minimum Gasteiger partial charge on any atom is -0.299 e. The maximum atomic E-state index is 13.2. The molecule has 1 aromatic rings. The van der Waals surface area contributed by atoms with E-state index < -0.39 is 11.4 Å². The Kier molecular flexibility index (Phi) is 6.31. The third-order valence-electron chi connectivity index (χ3n) is 5.97. The summed E-state index contributed by atoms with van der Waals surface area (Å²) in [5, 5.41) is 0. The minimum atomic E-state index is -0.931. The molecule has 3 nitrogen and oxygen atoms in total. The van der Waals surface area contributed by atoms with Crippen LogP contribution in [0.25, 0.3) is 0 Å². The summed E-state index contributed by atoms with van der Waals surface area (Å²) in [6.07, 6.45) is 2.45. The number of alkyl halides is 1. The van der Waals surface area contributed by atoms with E-state index in [1.54, 1.807) is 6.92 Å². The number of hydrogen-bond donors (Lipinski definition) is 0. The van der Waals surface area contributed by atoms with Crippen molar-refractivity contribution in [3.05, 3.63) is 34.4 Å². The van der Waals surface area contributed by atoms with E-state index in [9.17, 15) is 14.0 Å². The second kappa shape index (κ2) is 8.39. The molecule has 0 amide bonds. The van der Waals surface area contributed by atoms with Gasteiger partial charge in [-0.05, 0) is 86.7 Å². The highest BCUT2D eigenvalue weighted by Gasteiger charge is 2.47. The van der Waals surface area contributed by atoms with Crippen molar-refractivity contribution in [3.8, 4) is 11.8 Å². The molecular weight excluding hydrogens is 373 g/mol. The smallest absolute Gasteiger partial charge is 0.157 e. The van der Waals surface area contributed by atoms with Crippen molar-refractivity contribution in [3.63, 3.8) is 0 Å². The molecule has 0 radical (unpaired) electrons. The monoisotopic (exact) mass is 401 g/mol. The number of carbonyl (C=O) groups is 2. The molecule has 0 bridgehead atoms. The van der Waals surface area contributed by atoms with Gasteiger partial charge in [-0.15, -0.1) is 5.92 Å². The molecule has 28 heavy (non-hydrogen) atoms. The number of Topliss-reactive ketones (excluding diaryl/α,β-unsaturated/α-hetero) is 2. The number of benzene rings is 1. The molecule has 1 atom stereocenters. The fourth-order valence-corrected chi connectivity index (χ4v) is 5.58. The number of rotatable bonds is 3. The van der Waals surface area contributed by atoms with Gasteiger partial charge in [0.1, 0.15) is 17.5 Å². The van der Waals surface area contributed by atoms with Crippen molar-refractivity contribution in [2.45, 2.75) is 64.8 Å². The van der Waals surface area contributed by atoms with Crippen molar-refractivity contribution in [2.75, 3.05) is 13.1 Å². The third-order valence-corrected chi connectivity index (χ3v) is 6.93. The number of carbonyl (C=O) groups excluding carboxylic acids is 2. The highest BCUT2D eigenvalue weighted by Crippen LogP contribution is 2.47. The first kappa shape index (κ1) is 21.1. The molecular formula is C23H28FNO2S. The molecule has 2 aliphatic rings. The molecule has 1 aromatic carbocycles. The molecule has 1 heterocycles. The summed E-state index contributed by atoms with van der Waals surface area (Å²) in [6, 6.07) is 3.94. The predicted molar refractivity (Wildman–Crippen MR) is 112 cm³/mol. The van der Waals surface area contributed by atoms with Crippen LogP contribution in [0, 0.1) is 31.1 Å². The lowest BCUT2D eigenvalue weighted by molar-refractivity contribution is -0.138. The number of piperidine rings is 1. The van der Waals surface area contributed by atoms with Crippen molar-refractivity contribution in [1.29, 1.82) is 0 Å². The maximum Gasteiger partial charge on any atom is 0.157 e. The summed E-state index contributed by atoms with van der Waals surface area (Å²) in [5.41, 5.74) is 2.54. The van der Waals surface area contributed by atoms with Crippen LogP contribution in [0.2, 0.25) is 0 Å². The van der Waals surface area contributed by atoms with Crippen LogP contribution < -0.4 is 0 Å². The Labute approximate surface area is 171 Å². The predicted octanol–water partition coefficient (Wildman–Crippen LogP) is 4.74. The fourth-order valence-electron chi connectivity index (χ4n) is 4.78. The molecule has 1 spiro atoms. The van der Waals surface area contributed by atoms with Crippen LogP contribution in [0.4, 0.5) is 4.39 Å². The first-order valence-electron chi connectivity index (χ1n) is 9.90. The van der Waals surface area contributed by atoms with Crippen LogP contribution in [-0.2, 0) is 9.59 Å². The van der Waals surface area contributed by atoms with Gasteiger partial charge in [-0.1, -0.05) is 5.92 Å². The molecule has 0 aromatic heterocycles. The fraction of sp³-hybridized carbons (Fsp3) is 0.565. The van der Waals surface area contributed by atoms with Gasteiger partial charge < -0.3 is 0 Å². The van der Waals surface area contributed by atoms with E-state index in [-0.39, 0.29) is 17.0 Å². The highest BCUT2D eigenvalue weighted by molar-refractivity contribution is 7.97. The zero-order valence-electron chi connectivity index (χ0n) is 17.1. The Balaban J connectivity index is 1.79. The van der Waals surface area contributed by atoms with Gasteiger partial charge >= 0.3 is 0 Å². The highest BCUT2D eigenvalue weighted by atomic mass is 32.2. The number of aryl methyl sites for hydroxylation is 2. The number of ketones is 2. The average Bonchev–Trinajstić information content (AvgIpc) is 2.59. The Hall–Kier alpha value is -1.64. The van der Waals surface area contributed by atoms with Gasteiger partial charge in [-0.3, -0.25) is 9.59 Å². The van der Waals surface area contributed by atoms with E-state index in [4.69, 9.17) is 0 Å². The Morgan fingerprint density at radius 3 is 2.14 bits per heavy atom. The molecule has 150 valence electrons. The molecule has 3 rings (SSSR count). The lowest BCUT2D eigenvalue weighted by Crippen LogP contribution is -2.45. The largest absolute Gasteiger partial charge is 0.299 e. The second-order valence-electron chi connectivity index (χ2n) is 8.20. The van der Waals surface area contributed by atoms with Gasteiger partial charge in [0.25, 0.3) is 0 Å². The normalized spacial score (nSPS) is 21.5. The van der Waals surface area contributed by atoms with Gasteiger partial charge in [0.15, 0.2) is 5.50 Å². The number of nitrogens with zero attached hydrogens (tertiary/aromatic N) is 1. The van der Waals surface area contributed by atoms with Crippen molar-refractivity contribution in [2.24, 2.45) is 5.41 Å². The van der Waals surface area contributed by atoms with E-state index in [2.05, 4.69) is 11.8 Å². The molecule has 5 heteroatoms. The molecule has 0 N–H and O–H groups in total. The van der Waals surface area contributed by atoms with Gasteiger partial charge in [-0.2, -0.15) is 0 Å². The van der Waals surface area contributed by atoms with Gasteiger partial charge in [0.05, 0.1) is 0 Å². The summed E-state index contributed by atoms with van der Waals surface area (Å²) in [7, 11) is 0. The van der Waals surface area contributed by atoms with E-state index in [0.717, 1.165) is 48.2 Å². The van der Waals surface area contributed by atoms with Crippen LogP contribution in [0.5, 0.6) is 0 Å². The first-order valence-corrected chi connectivity index (χ1v) is 10.7. The SMILES string of the molecule is CC#Cc1cc(C)c(C2C(=O)CC3(CCN(SC(C)F)CC3)CC2=O)c(C)c1. The topological polar surface area (TPSA) is 37.4 Å². The average molecular weight is 402 g/mol. The lowest BCUT2D eigenvalue weighted by atomic mass is 9.63. The molecule has 1 aliphatic carbocycles. The quantitative estimate of drug-likeness (QED) is 0.417. The van der Waals surface area contributed by atoms with Crippen molar-refractivity contribution in [1.82, 2.24) is 4.31 Å². The third kappa shape index (κ3) is 4.34. The molecule has 1 saturated carbocycles. The summed E-state index contributed by atoms with van der Waals surface area (Å²) < 4.78 is 15.3. The summed E-state index contributed by atoms with van der Waals surface area (Å²) in [4.78, 5) is 26.3. The van der Waals surface area contributed by atoms with Crippen LogP contribution in [-0.4, -0.2) is 34.5 Å². The van der Waals surface area contributed by atoms with Gasteiger partial charge in [0, 0.05) is 31.5 Å². The lowest BCUT2D eigenvalue weighted by Gasteiger charge is -2.44. The molecule has 1 saturated heterocycles. The Morgan fingerprint density at radius 1 is 1.14 bits per heavy atom. The maximum absolute atomic E-state index is 13.2. The molecule has 1 aliphatic heterocycles. The van der Waals surface area contributed by atoms with Crippen LogP contribution in [0.15, 0.2) is 12.1 Å². The summed E-state index contributed by atoms with van der Waals surface area (Å²) in [5.74, 6) is 5.38. The zero-order chi connectivity index (χ0) is 20.5. The Morgan fingerprint density at radius 2 is 1.68 bits per heavy atom. The van der Waals surface area contributed by atoms with Crippen molar-refractivity contribution < 1.29 is 14.0 Å². The second-order valence-corrected chi connectivity index (χ2v) is 9.57. The van der Waals surface area contributed by atoms with Crippen molar-refractivity contribution >= 4 is 23.5 Å². The van der Waals surface area contributed by atoms with Crippen LogP contribution in [0.1, 0.15) is 67.7 Å². The van der Waals surface area contributed by atoms with E-state index in [1.807, 2.05) is 30.3 Å². The Bertz CT molecular complexity index is 801. The summed E-state index contributed by atoms with van der Waals surface area (Å²) in [6.45, 7) is 8.71. The minimum absolute atomic E-state index is 0.0386. The summed E-state index contributed by atoms with van der Waals surface area (Å²) >= 11 is 1.22. The van der Waals surface area contributed by atoms with Gasteiger partial charge in [0.2, 0.25) is 0 Å². The van der Waals surface area contributed by atoms with E-state index >= 15 is 0 Å². The molecule has 2 fully saturated rings. The van der Waals surface area contributed by atoms with Gasteiger partial charge in [-0.25, -0.2) is 8.70 Å². The zero-order valence-corrected chi connectivity index (χ0v) is 17.9. The number of hydrogen-bond acceptors (Lipinski definition) is 4.